The Labute approximate surface area is 142 Å². The fourth-order valence-electron chi connectivity index (χ4n) is 2.75. The van der Waals surface area contributed by atoms with Gasteiger partial charge in [-0.2, -0.15) is 0 Å². The third-order valence-corrected chi connectivity index (χ3v) is 9.25. The van der Waals surface area contributed by atoms with Gasteiger partial charge in [0.25, 0.3) is 14.3 Å². The molecule has 0 heterocycles. The number of phenolic OH excluding ortho intramolecular Hbond substituents is 1. The van der Waals surface area contributed by atoms with Crippen molar-refractivity contribution in [3.63, 3.8) is 0 Å². The van der Waals surface area contributed by atoms with Crippen molar-refractivity contribution in [1.82, 2.24) is 0 Å². The Bertz CT molecular complexity index is 572. The summed E-state index contributed by atoms with van der Waals surface area (Å²) in [6.45, 7) is 18.4. The summed E-state index contributed by atoms with van der Waals surface area (Å²) in [6, 6.07) is 3.79. The molecule has 0 aliphatic rings. The van der Waals surface area contributed by atoms with Gasteiger partial charge in [0.15, 0.2) is 0 Å². The zero-order valence-corrected chi connectivity index (χ0v) is 17.1. The number of aryl methyl sites for hydroxylation is 2. The van der Waals surface area contributed by atoms with Crippen LogP contribution in [-0.2, 0) is 14.6 Å². The Balaban J connectivity index is 3.02. The van der Waals surface area contributed by atoms with E-state index in [1.54, 1.807) is 6.07 Å². The van der Waals surface area contributed by atoms with E-state index in [1.165, 1.54) is 0 Å². The average Bonchev–Trinajstić information content (AvgIpc) is 2.22. The smallest absolute Gasteiger partial charge is 0.293 e. The third-order valence-electron chi connectivity index (χ3n) is 4.90. The van der Waals surface area contributed by atoms with Gasteiger partial charge in [-0.25, -0.2) is 0 Å². The molecule has 1 aromatic carbocycles. The highest BCUT2D eigenvalue weighted by molar-refractivity contribution is 6.75. The van der Waals surface area contributed by atoms with Crippen molar-refractivity contribution in [3.05, 3.63) is 28.8 Å². The largest absolute Gasteiger partial charge is 0.519 e. The number of phenols is 1. The summed E-state index contributed by atoms with van der Waals surface area (Å²) < 4.78 is 5.88. The monoisotopic (exact) mass is 336 g/mol. The Morgan fingerprint density at radius 2 is 1.65 bits per heavy atom. The van der Waals surface area contributed by atoms with Crippen molar-refractivity contribution in [2.24, 2.45) is 0 Å². The molecule has 4 heteroatoms. The van der Waals surface area contributed by atoms with Crippen LogP contribution in [0.3, 0.4) is 0 Å². The first-order chi connectivity index (χ1) is 10.2. The van der Waals surface area contributed by atoms with E-state index in [1.807, 2.05) is 33.8 Å². The molecule has 0 unspecified atom stereocenters. The van der Waals surface area contributed by atoms with Crippen molar-refractivity contribution in [2.45, 2.75) is 78.4 Å². The van der Waals surface area contributed by atoms with E-state index in [-0.39, 0.29) is 23.2 Å². The highest BCUT2D eigenvalue weighted by Crippen LogP contribution is 2.40. The van der Waals surface area contributed by atoms with Gasteiger partial charge >= 0.3 is 0 Å². The van der Waals surface area contributed by atoms with Crippen LogP contribution in [0, 0.1) is 13.8 Å². The number of carbonyl (C=O) groups excluding carboxylic acids is 1. The summed E-state index contributed by atoms with van der Waals surface area (Å²) in [4.78, 5) is 12.5. The molecule has 1 rings (SSSR count). The van der Waals surface area contributed by atoms with Crippen molar-refractivity contribution in [2.75, 3.05) is 0 Å². The summed E-state index contributed by atoms with van der Waals surface area (Å²) in [5.74, 6) is 0.0774. The van der Waals surface area contributed by atoms with Gasteiger partial charge in [-0.1, -0.05) is 40.7 Å². The van der Waals surface area contributed by atoms with E-state index in [4.69, 9.17) is 4.43 Å². The molecule has 0 atom stereocenters. The van der Waals surface area contributed by atoms with Crippen LogP contribution in [-0.4, -0.2) is 19.4 Å². The van der Waals surface area contributed by atoms with Crippen LogP contribution in [0.25, 0.3) is 0 Å². The molecule has 0 aromatic heterocycles. The zero-order chi connectivity index (χ0) is 18.2. The van der Waals surface area contributed by atoms with Crippen LogP contribution in [0.5, 0.6) is 5.75 Å². The molecule has 0 fully saturated rings. The topological polar surface area (TPSA) is 46.5 Å². The van der Waals surface area contributed by atoms with E-state index < -0.39 is 13.7 Å². The number of carbonyl (C=O) groups is 1. The highest BCUT2D eigenvalue weighted by atomic mass is 28.4. The second kappa shape index (κ2) is 6.31. The molecule has 0 bridgehead atoms. The molecule has 130 valence electrons. The molecule has 3 nitrogen and oxygen atoms in total. The third kappa shape index (κ3) is 4.60. The van der Waals surface area contributed by atoms with Crippen LogP contribution in [0.15, 0.2) is 12.1 Å². The van der Waals surface area contributed by atoms with E-state index in [0.29, 0.717) is 0 Å². The van der Waals surface area contributed by atoms with Gasteiger partial charge in [0, 0.05) is 11.0 Å². The van der Waals surface area contributed by atoms with E-state index in [0.717, 1.165) is 16.7 Å². The molecule has 23 heavy (non-hydrogen) atoms. The van der Waals surface area contributed by atoms with Gasteiger partial charge in [0.05, 0.1) is 6.42 Å². The van der Waals surface area contributed by atoms with Gasteiger partial charge in [-0.3, -0.25) is 4.79 Å². The minimum absolute atomic E-state index is 0.00524. The first-order valence-corrected chi connectivity index (χ1v) is 11.1. The van der Waals surface area contributed by atoms with Crippen molar-refractivity contribution in [1.29, 1.82) is 0 Å². The quantitative estimate of drug-likeness (QED) is 0.766. The predicted molar refractivity (Wildman–Crippen MR) is 98.5 cm³/mol. The number of benzene rings is 1. The average molecular weight is 337 g/mol. The van der Waals surface area contributed by atoms with E-state index in [2.05, 4.69) is 33.9 Å². The van der Waals surface area contributed by atoms with Crippen LogP contribution in [0.2, 0.25) is 18.1 Å². The Hall–Kier alpha value is -1.29. The van der Waals surface area contributed by atoms with Gasteiger partial charge < -0.3 is 9.53 Å². The van der Waals surface area contributed by atoms with E-state index in [9.17, 15) is 9.90 Å². The fourth-order valence-corrected chi connectivity index (χ4v) is 3.70. The molecular formula is C19H32O3Si. The maximum Gasteiger partial charge on any atom is 0.293 e. The van der Waals surface area contributed by atoms with Gasteiger partial charge in [-0.05, 0) is 49.2 Å². The van der Waals surface area contributed by atoms with Crippen LogP contribution in [0.1, 0.15) is 57.7 Å². The lowest BCUT2D eigenvalue weighted by atomic mass is 9.78. The van der Waals surface area contributed by atoms with Crippen LogP contribution >= 0.6 is 0 Å². The maximum absolute atomic E-state index is 12.5. The molecule has 0 aliphatic heterocycles. The van der Waals surface area contributed by atoms with Crippen molar-refractivity contribution in [3.8, 4) is 5.75 Å². The summed E-state index contributed by atoms with van der Waals surface area (Å²) in [7, 11) is -2.12. The molecule has 0 radical (unpaired) electrons. The van der Waals surface area contributed by atoms with Gasteiger partial charge in [-0.15, -0.1) is 0 Å². The molecule has 1 N–H and O–H groups in total. The van der Waals surface area contributed by atoms with Crippen LogP contribution < -0.4 is 0 Å². The molecule has 0 amide bonds. The van der Waals surface area contributed by atoms with Crippen LogP contribution in [0.4, 0.5) is 0 Å². The first-order valence-electron chi connectivity index (χ1n) is 8.20. The molecule has 1 aromatic rings. The molecule has 0 saturated heterocycles. The minimum atomic E-state index is -2.12. The number of hydrogen-bond donors (Lipinski definition) is 1. The van der Waals surface area contributed by atoms with Crippen molar-refractivity contribution >= 4 is 14.3 Å². The summed E-state index contributed by atoms with van der Waals surface area (Å²) >= 11 is 0. The van der Waals surface area contributed by atoms with E-state index >= 15 is 0 Å². The number of aromatic hydroxyl groups is 1. The Kier molecular flexibility index (Phi) is 5.42. The maximum atomic E-state index is 12.5. The first kappa shape index (κ1) is 19.8. The number of hydrogen-bond acceptors (Lipinski definition) is 3. The number of rotatable bonds is 4. The lowest BCUT2D eigenvalue weighted by Crippen LogP contribution is -2.43. The molecule has 0 spiro atoms. The second-order valence-corrected chi connectivity index (χ2v) is 13.5. The zero-order valence-electron chi connectivity index (χ0n) is 16.1. The molecular weight excluding hydrogens is 304 g/mol. The lowest BCUT2D eigenvalue weighted by Gasteiger charge is -2.37. The highest BCUT2D eigenvalue weighted by Gasteiger charge is 2.41. The lowest BCUT2D eigenvalue weighted by molar-refractivity contribution is -0.136. The van der Waals surface area contributed by atoms with Gasteiger partial charge in [0.2, 0.25) is 0 Å². The second-order valence-electron chi connectivity index (χ2n) is 8.77. The summed E-state index contributed by atoms with van der Waals surface area (Å²) in [6.07, 6.45) is 0.261. The standard InChI is InChI=1S/C19H32O3Si/c1-13-10-14(2)17(15(20)11-13)19(6,7)12-16(21)22-23(8,9)18(3,4)5/h10-11,20H,12H2,1-9H3. The Morgan fingerprint density at radius 1 is 1.13 bits per heavy atom. The fraction of sp³-hybridized carbons (Fsp3) is 0.632. The SMILES string of the molecule is Cc1cc(C)c(C(C)(C)CC(=O)O[Si](C)(C)C(C)(C)C)c(O)c1. The normalized spacial score (nSPS) is 13.1. The van der Waals surface area contributed by atoms with Gasteiger partial charge in [0.1, 0.15) is 5.75 Å². The predicted octanol–water partition coefficient (Wildman–Crippen LogP) is 5.23. The summed E-state index contributed by atoms with van der Waals surface area (Å²) in [5, 5.41) is 10.3. The molecule has 0 aliphatic carbocycles. The molecule has 0 saturated carbocycles. The minimum Gasteiger partial charge on any atom is -0.519 e. The Morgan fingerprint density at radius 3 is 2.09 bits per heavy atom. The summed E-state index contributed by atoms with van der Waals surface area (Å²) in [5.41, 5.74) is 2.38. The van der Waals surface area contributed by atoms with Crippen molar-refractivity contribution < 1.29 is 14.3 Å².